The largest absolute Gasteiger partial charge is 0.349 e. The minimum Gasteiger partial charge on any atom is -0.349 e. The zero-order chi connectivity index (χ0) is 23.0. The van der Waals surface area contributed by atoms with Gasteiger partial charge < -0.3 is 18.3 Å². The fraction of sp³-hybridized carbons (Fsp3) is 0.400. The Hall–Kier alpha value is -3.35. The molecule has 0 spiro atoms. The van der Waals surface area contributed by atoms with E-state index in [1.165, 1.54) is 22.8 Å². The number of hydrogen-bond acceptors (Lipinski definition) is 3. The number of imidazole rings is 2. The molecule has 0 saturated heterocycles. The zero-order valence-corrected chi connectivity index (χ0v) is 19.9. The van der Waals surface area contributed by atoms with Crippen molar-refractivity contribution < 1.29 is 4.79 Å². The maximum absolute atomic E-state index is 13.2. The summed E-state index contributed by atoms with van der Waals surface area (Å²) in [5.41, 5.74) is 6.77. The molecule has 0 bridgehead atoms. The van der Waals surface area contributed by atoms with Crippen LogP contribution in [-0.2, 0) is 40.0 Å². The second-order valence-corrected chi connectivity index (χ2v) is 8.70. The number of aromatic nitrogens is 6. The first-order valence-electron chi connectivity index (χ1n) is 11.1. The third-order valence-electron chi connectivity index (χ3n) is 6.28. The minimum atomic E-state index is -0.144. The lowest BCUT2D eigenvalue weighted by Gasteiger charge is -2.07. The third-order valence-corrected chi connectivity index (χ3v) is 6.28. The fourth-order valence-electron chi connectivity index (χ4n) is 4.38. The Labute approximate surface area is 189 Å². The van der Waals surface area contributed by atoms with Crippen molar-refractivity contribution in [2.45, 2.75) is 53.6 Å². The highest BCUT2D eigenvalue weighted by Crippen LogP contribution is 2.14. The van der Waals surface area contributed by atoms with Gasteiger partial charge in [0.05, 0.1) is 11.4 Å². The summed E-state index contributed by atoms with van der Waals surface area (Å²) in [6.45, 7) is 10.1. The van der Waals surface area contributed by atoms with Gasteiger partial charge in [-0.05, 0) is 52.0 Å². The molecule has 0 amide bonds. The van der Waals surface area contributed by atoms with E-state index in [1.54, 1.807) is 0 Å². The van der Waals surface area contributed by atoms with Crippen molar-refractivity contribution in [3.05, 3.63) is 82.5 Å². The molecule has 0 fully saturated rings. The molecule has 7 heteroatoms. The van der Waals surface area contributed by atoms with E-state index in [1.807, 2.05) is 35.6 Å². The predicted molar refractivity (Wildman–Crippen MR) is 125 cm³/mol. The Morgan fingerprint density at radius 3 is 1.38 bits per heavy atom. The van der Waals surface area contributed by atoms with Gasteiger partial charge in [0.25, 0.3) is 5.78 Å². The molecular formula is C25H32N6O. The van der Waals surface area contributed by atoms with Crippen LogP contribution in [0.15, 0.2) is 36.7 Å². The quantitative estimate of drug-likeness (QED) is 0.399. The van der Waals surface area contributed by atoms with Gasteiger partial charge in [0, 0.05) is 75.2 Å². The molecule has 0 aliphatic rings. The number of carbonyl (C=O) groups excluding carboxylic acids is 1. The molecule has 4 aromatic heterocycles. The van der Waals surface area contributed by atoms with Crippen LogP contribution in [0.4, 0.5) is 0 Å². The maximum atomic E-state index is 13.2. The number of carbonyl (C=O) groups is 1. The molecule has 0 aliphatic carbocycles. The Kier molecular flexibility index (Phi) is 5.91. The van der Waals surface area contributed by atoms with Crippen molar-refractivity contribution in [2.24, 2.45) is 14.1 Å². The monoisotopic (exact) mass is 432 g/mol. The molecule has 0 aromatic carbocycles. The molecule has 4 heterocycles. The van der Waals surface area contributed by atoms with E-state index in [4.69, 9.17) is 0 Å². The van der Waals surface area contributed by atoms with Crippen LogP contribution in [0.5, 0.6) is 0 Å². The van der Waals surface area contributed by atoms with Crippen LogP contribution in [-0.4, -0.2) is 34.0 Å². The summed E-state index contributed by atoms with van der Waals surface area (Å²) < 4.78 is 8.17. The summed E-state index contributed by atoms with van der Waals surface area (Å²) in [4.78, 5) is 22.5. The third kappa shape index (κ3) is 4.20. The van der Waals surface area contributed by atoms with Crippen molar-refractivity contribution in [3.63, 3.8) is 0 Å². The van der Waals surface area contributed by atoms with E-state index in [2.05, 4.69) is 71.1 Å². The first-order chi connectivity index (χ1) is 15.2. The van der Waals surface area contributed by atoms with Crippen LogP contribution in [0.2, 0.25) is 0 Å². The Morgan fingerprint density at radius 2 is 1.03 bits per heavy atom. The van der Waals surface area contributed by atoms with Gasteiger partial charge in [-0.1, -0.05) is 0 Å². The first kappa shape index (κ1) is 21.9. The maximum Gasteiger partial charge on any atom is 0.263 e. The smallest absolute Gasteiger partial charge is 0.263 e. The van der Waals surface area contributed by atoms with Crippen LogP contribution in [0, 0.1) is 27.7 Å². The zero-order valence-electron chi connectivity index (χ0n) is 19.9. The van der Waals surface area contributed by atoms with Gasteiger partial charge in [-0.15, -0.1) is 0 Å². The molecule has 0 unspecified atom stereocenters. The van der Waals surface area contributed by atoms with E-state index in [0.29, 0.717) is 11.6 Å². The molecular weight excluding hydrogens is 400 g/mol. The molecule has 7 nitrogen and oxygen atoms in total. The summed E-state index contributed by atoms with van der Waals surface area (Å²) in [6.07, 6.45) is 5.45. The van der Waals surface area contributed by atoms with Crippen LogP contribution in [0.25, 0.3) is 0 Å². The number of rotatable bonds is 8. The van der Waals surface area contributed by atoms with Crippen LogP contribution < -0.4 is 0 Å². The first-order valence-corrected chi connectivity index (χ1v) is 11.1. The summed E-state index contributed by atoms with van der Waals surface area (Å²) >= 11 is 0. The number of nitrogens with zero attached hydrogens (tertiary/aromatic N) is 6. The Bertz CT molecular complexity index is 1130. The average molecular weight is 433 g/mol. The topological polar surface area (TPSA) is 62.6 Å². The van der Waals surface area contributed by atoms with Crippen molar-refractivity contribution in [1.82, 2.24) is 28.2 Å². The van der Waals surface area contributed by atoms with E-state index in [9.17, 15) is 4.79 Å². The minimum absolute atomic E-state index is 0.144. The van der Waals surface area contributed by atoms with E-state index in [0.717, 1.165) is 37.3 Å². The lowest BCUT2D eigenvalue weighted by atomic mass is 10.3. The molecule has 32 heavy (non-hydrogen) atoms. The summed E-state index contributed by atoms with van der Waals surface area (Å²) in [7, 11) is 3.74. The van der Waals surface area contributed by atoms with E-state index < -0.39 is 0 Å². The molecule has 0 radical (unpaired) electrons. The van der Waals surface area contributed by atoms with Gasteiger partial charge in [0.2, 0.25) is 0 Å². The molecule has 0 atom stereocenters. The molecule has 4 aromatic rings. The number of aryl methyl sites for hydroxylation is 8. The highest BCUT2D eigenvalue weighted by Gasteiger charge is 2.21. The van der Waals surface area contributed by atoms with Gasteiger partial charge in [0.1, 0.15) is 0 Å². The lowest BCUT2D eigenvalue weighted by molar-refractivity contribution is 0.101. The van der Waals surface area contributed by atoms with Gasteiger partial charge in [0.15, 0.2) is 11.6 Å². The van der Waals surface area contributed by atoms with Gasteiger partial charge in [-0.2, -0.15) is 0 Å². The predicted octanol–water partition coefficient (Wildman–Crippen LogP) is 3.71. The van der Waals surface area contributed by atoms with Gasteiger partial charge in [-0.25, -0.2) is 9.97 Å². The van der Waals surface area contributed by atoms with Crippen LogP contribution in [0.1, 0.15) is 50.6 Å². The lowest BCUT2D eigenvalue weighted by Crippen LogP contribution is -2.13. The molecule has 0 aliphatic heterocycles. The summed E-state index contributed by atoms with van der Waals surface area (Å²) in [6, 6.07) is 8.50. The van der Waals surface area contributed by atoms with Crippen LogP contribution >= 0.6 is 0 Å². The molecule has 4 rings (SSSR count). The van der Waals surface area contributed by atoms with Crippen molar-refractivity contribution in [1.29, 1.82) is 0 Å². The average Bonchev–Trinajstić information content (AvgIpc) is 3.48. The fourth-order valence-corrected chi connectivity index (χ4v) is 4.38. The highest BCUT2D eigenvalue weighted by molar-refractivity contribution is 6.04. The SMILES string of the molecule is Cc1ccc(C)n1CCc1cn(C)c(C(=O)c2nc(CCn3c(C)ccc3C)cn2C)n1. The highest BCUT2D eigenvalue weighted by atomic mass is 16.1. The van der Waals surface area contributed by atoms with Gasteiger partial charge >= 0.3 is 0 Å². The summed E-state index contributed by atoms with van der Waals surface area (Å²) in [5.74, 6) is 0.714. The van der Waals surface area contributed by atoms with E-state index >= 15 is 0 Å². The van der Waals surface area contributed by atoms with Crippen molar-refractivity contribution >= 4 is 5.78 Å². The Balaban J connectivity index is 1.47. The number of ketones is 1. The molecule has 168 valence electrons. The van der Waals surface area contributed by atoms with Crippen molar-refractivity contribution in [3.8, 4) is 0 Å². The van der Waals surface area contributed by atoms with E-state index in [-0.39, 0.29) is 5.78 Å². The number of hydrogen-bond donors (Lipinski definition) is 0. The van der Waals surface area contributed by atoms with Crippen molar-refractivity contribution in [2.75, 3.05) is 0 Å². The second-order valence-electron chi connectivity index (χ2n) is 8.70. The van der Waals surface area contributed by atoms with Gasteiger partial charge in [-0.3, -0.25) is 4.79 Å². The summed E-state index contributed by atoms with van der Waals surface area (Å²) in [5, 5.41) is 0. The second kappa shape index (κ2) is 8.65. The molecule has 0 N–H and O–H groups in total. The normalized spacial score (nSPS) is 11.4. The Morgan fingerprint density at radius 1 is 0.688 bits per heavy atom. The molecule has 0 saturated carbocycles. The standard InChI is InChI=1S/C25H32N6O/c1-17-7-8-18(2)30(17)13-11-21-15-28(5)24(26-21)23(32)25-27-22(16-29(25)6)12-14-31-19(3)9-10-20(31)4/h7-10,15-16H,11-14H2,1-6H3. The van der Waals surface area contributed by atoms with Crippen LogP contribution in [0.3, 0.4) is 0 Å².